The van der Waals surface area contributed by atoms with Gasteiger partial charge in [0.1, 0.15) is 11.6 Å². The van der Waals surface area contributed by atoms with Crippen molar-refractivity contribution in [3.05, 3.63) is 71.3 Å². The molecule has 0 heterocycles. The van der Waals surface area contributed by atoms with E-state index in [1.54, 1.807) is 18.2 Å². The summed E-state index contributed by atoms with van der Waals surface area (Å²) in [6.07, 6.45) is 0. The fraction of sp³-hybridized carbons (Fsp3) is 0.0714. The maximum atomic E-state index is 13.8. The summed E-state index contributed by atoms with van der Waals surface area (Å²) in [5, 5.41) is 10.5. The minimum atomic E-state index is -2.41. The van der Waals surface area contributed by atoms with Crippen molar-refractivity contribution in [3.8, 4) is 0 Å². The molecule has 0 aliphatic carbocycles. The summed E-state index contributed by atoms with van der Waals surface area (Å²) in [6.45, 7) is 0. The van der Waals surface area contributed by atoms with Gasteiger partial charge in [0.15, 0.2) is 5.60 Å². The van der Waals surface area contributed by atoms with Gasteiger partial charge in [-0.1, -0.05) is 30.3 Å². The maximum Gasteiger partial charge on any atom is 0.258 e. The Morgan fingerprint density at radius 3 is 2.32 bits per heavy atom. The van der Waals surface area contributed by atoms with Gasteiger partial charge in [0, 0.05) is 5.56 Å². The molecule has 0 saturated carbocycles. The number of hydrogen-bond donors (Lipinski definition) is 2. The molecule has 2 aromatic carbocycles. The average molecular weight is 263 g/mol. The van der Waals surface area contributed by atoms with Gasteiger partial charge in [-0.2, -0.15) is 0 Å². The van der Waals surface area contributed by atoms with Gasteiger partial charge in [0.05, 0.1) is 0 Å². The third-order valence-corrected chi connectivity index (χ3v) is 2.87. The predicted octanol–water partition coefficient (Wildman–Crippen LogP) is 1.69. The molecule has 3 nitrogen and oxygen atoms in total. The van der Waals surface area contributed by atoms with E-state index in [2.05, 4.69) is 0 Å². The number of benzene rings is 2. The second-order valence-electron chi connectivity index (χ2n) is 4.06. The van der Waals surface area contributed by atoms with Gasteiger partial charge in [-0.3, -0.25) is 4.79 Å². The molecule has 1 unspecified atom stereocenters. The van der Waals surface area contributed by atoms with Crippen LogP contribution in [0.5, 0.6) is 0 Å². The highest BCUT2D eigenvalue weighted by Gasteiger charge is 2.40. The van der Waals surface area contributed by atoms with E-state index in [1.807, 2.05) is 0 Å². The quantitative estimate of drug-likeness (QED) is 0.885. The van der Waals surface area contributed by atoms with E-state index in [0.717, 1.165) is 18.2 Å². The summed E-state index contributed by atoms with van der Waals surface area (Å²) in [4.78, 5) is 11.6. The lowest BCUT2D eigenvalue weighted by molar-refractivity contribution is -0.133. The molecule has 5 heteroatoms. The minimum Gasteiger partial charge on any atom is -0.372 e. The van der Waals surface area contributed by atoms with E-state index in [-0.39, 0.29) is 5.56 Å². The van der Waals surface area contributed by atoms with Crippen molar-refractivity contribution in [3.63, 3.8) is 0 Å². The topological polar surface area (TPSA) is 63.3 Å². The highest BCUT2D eigenvalue weighted by molar-refractivity contribution is 5.88. The molecule has 3 N–H and O–H groups in total. The molecule has 0 aliphatic heterocycles. The lowest BCUT2D eigenvalue weighted by Crippen LogP contribution is -2.43. The van der Waals surface area contributed by atoms with E-state index in [1.165, 1.54) is 12.1 Å². The van der Waals surface area contributed by atoms with Gasteiger partial charge in [0.2, 0.25) is 0 Å². The Balaban J connectivity index is 2.70. The third kappa shape index (κ3) is 2.20. The van der Waals surface area contributed by atoms with Gasteiger partial charge in [-0.05, 0) is 23.8 Å². The Kier molecular flexibility index (Phi) is 3.31. The first kappa shape index (κ1) is 13.2. The zero-order valence-corrected chi connectivity index (χ0v) is 9.81. The molecular weight excluding hydrogens is 252 g/mol. The molecule has 0 spiro atoms. The molecule has 0 aromatic heterocycles. The number of nitrogens with two attached hydrogens (primary N) is 1. The SMILES string of the molecule is NC(=O)C(O)(c1ccccc1)c1cc(F)ccc1F. The summed E-state index contributed by atoms with van der Waals surface area (Å²) in [5.41, 5.74) is 2.33. The second kappa shape index (κ2) is 4.78. The molecule has 1 atom stereocenters. The van der Waals surface area contributed by atoms with E-state index in [9.17, 15) is 18.7 Å². The van der Waals surface area contributed by atoms with Crippen molar-refractivity contribution >= 4 is 5.91 Å². The average Bonchev–Trinajstić information content (AvgIpc) is 2.41. The number of carbonyl (C=O) groups excluding carboxylic acids is 1. The van der Waals surface area contributed by atoms with Crippen molar-refractivity contribution in [2.75, 3.05) is 0 Å². The van der Waals surface area contributed by atoms with Crippen molar-refractivity contribution in [2.24, 2.45) is 5.73 Å². The Labute approximate surface area is 108 Å². The number of rotatable bonds is 3. The zero-order valence-electron chi connectivity index (χ0n) is 9.81. The highest BCUT2D eigenvalue weighted by atomic mass is 19.1. The number of halogens is 2. The van der Waals surface area contributed by atoms with Crippen LogP contribution in [0.1, 0.15) is 11.1 Å². The largest absolute Gasteiger partial charge is 0.372 e. The normalized spacial score (nSPS) is 13.8. The summed E-state index contributed by atoms with van der Waals surface area (Å²) >= 11 is 0. The van der Waals surface area contributed by atoms with Crippen LogP contribution in [0.25, 0.3) is 0 Å². The molecule has 0 fully saturated rings. The van der Waals surface area contributed by atoms with Gasteiger partial charge >= 0.3 is 0 Å². The first-order chi connectivity index (χ1) is 8.96. The number of primary amides is 1. The molecule has 2 aromatic rings. The summed E-state index contributed by atoms with van der Waals surface area (Å²) in [7, 11) is 0. The van der Waals surface area contributed by atoms with Crippen LogP contribution in [-0.4, -0.2) is 11.0 Å². The Morgan fingerprint density at radius 2 is 1.74 bits per heavy atom. The van der Waals surface area contributed by atoms with Crippen LogP contribution < -0.4 is 5.73 Å². The molecule has 0 radical (unpaired) electrons. The zero-order chi connectivity index (χ0) is 14.0. The van der Waals surface area contributed by atoms with E-state index >= 15 is 0 Å². The summed E-state index contributed by atoms with van der Waals surface area (Å²) in [6, 6.07) is 10.1. The monoisotopic (exact) mass is 263 g/mol. The molecular formula is C14H11F2NO2. The van der Waals surface area contributed by atoms with Crippen LogP contribution in [0.4, 0.5) is 8.78 Å². The summed E-state index contributed by atoms with van der Waals surface area (Å²) in [5.74, 6) is -2.86. The van der Waals surface area contributed by atoms with E-state index < -0.39 is 28.7 Å². The van der Waals surface area contributed by atoms with Gasteiger partial charge in [-0.25, -0.2) is 8.78 Å². The van der Waals surface area contributed by atoms with Crippen LogP contribution in [-0.2, 0) is 10.4 Å². The predicted molar refractivity (Wildman–Crippen MR) is 65.0 cm³/mol. The maximum absolute atomic E-state index is 13.8. The van der Waals surface area contributed by atoms with Crippen LogP contribution in [0, 0.1) is 11.6 Å². The minimum absolute atomic E-state index is 0.0759. The smallest absolute Gasteiger partial charge is 0.258 e. The van der Waals surface area contributed by atoms with E-state index in [4.69, 9.17) is 5.73 Å². The van der Waals surface area contributed by atoms with E-state index in [0.29, 0.717) is 0 Å². The van der Waals surface area contributed by atoms with Crippen LogP contribution >= 0.6 is 0 Å². The Morgan fingerprint density at radius 1 is 1.11 bits per heavy atom. The first-order valence-electron chi connectivity index (χ1n) is 5.49. The molecule has 0 saturated heterocycles. The lowest BCUT2D eigenvalue weighted by atomic mass is 9.85. The number of amides is 1. The molecule has 19 heavy (non-hydrogen) atoms. The fourth-order valence-corrected chi connectivity index (χ4v) is 1.88. The van der Waals surface area contributed by atoms with Gasteiger partial charge in [0.25, 0.3) is 5.91 Å². The van der Waals surface area contributed by atoms with Crippen LogP contribution in [0.3, 0.4) is 0 Å². The number of aliphatic hydroxyl groups is 1. The third-order valence-electron chi connectivity index (χ3n) is 2.87. The molecule has 1 amide bonds. The number of carbonyl (C=O) groups is 1. The van der Waals surface area contributed by atoms with Gasteiger partial charge in [-0.15, -0.1) is 0 Å². The lowest BCUT2D eigenvalue weighted by Gasteiger charge is -2.26. The molecule has 0 aliphatic rings. The van der Waals surface area contributed by atoms with Crippen molar-refractivity contribution < 1.29 is 18.7 Å². The van der Waals surface area contributed by atoms with Crippen LogP contribution in [0.15, 0.2) is 48.5 Å². The second-order valence-corrected chi connectivity index (χ2v) is 4.06. The fourth-order valence-electron chi connectivity index (χ4n) is 1.88. The summed E-state index contributed by atoms with van der Waals surface area (Å²) < 4.78 is 27.0. The first-order valence-corrected chi connectivity index (χ1v) is 5.49. The number of hydrogen-bond acceptors (Lipinski definition) is 2. The van der Waals surface area contributed by atoms with Crippen LogP contribution in [0.2, 0.25) is 0 Å². The highest BCUT2D eigenvalue weighted by Crippen LogP contribution is 2.31. The standard InChI is InChI=1S/C14H11F2NO2/c15-10-6-7-12(16)11(8-10)14(19,13(17)18)9-4-2-1-3-5-9/h1-8,19H,(H2,17,18). The van der Waals surface area contributed by atoms with Crippen molar-refractivity contribution in [2.45, 2.75) is 5.60 Å². The Bertz CT molecular complexity index is 616. The molecule has 98 valence electrons. The Hall–Kier alpha value is -2.27. The van der Waals surface area contributed by atoms with Crippen molar-refractivity contribution in [1.29, 1.82) is 0 Å². The molecule has 0 bridgehead atoms. The van der Waals surface area contributed by atoms with Gasteiger partial charge < -0.3 is 10.8 Å². The molecule has 2 rings (SSSR count). The van der Waals surface area contributed by atoms with Crippen molar-refractivity contribution in [1.82, 2.24) is 0 Å².